The molecular weight excluding hydrogens is 430 g/mol. The molecule has 0 bridgehead atoms. The number of hydrogen-bond donors (Lipinski definition) is 1. The third-order valence-electron chi connectivity index (χ3n) is 13.7. The Hall–Kier alpha value is -1.12. The van der Waals surface area contributed by atoms with Crippen molar-refractivity contribution in [2.45, 2.75) is 119 Å². The van der Waals surface area contributed by atoms with E-state index in [0.717, 1.165) is 37.0 Å². The lowest BCUT2D eigenvalue weighted by atomic mass is 9.33. The van der Waals surface area contributed by atoms with E-state index in [0.29, 0.717) is 22.7 Å². The Morgan fingerprint density at radius 1 is 0.971 bits per heavy atom. The topological polar surface area (TPSA) is 50.2 Å². The first-order valence-electron chi connectivity index (χ1n) is 14.7. The number of esters is 1. The molecule has 35 heavy (non-hydrogen) atoms. The number of carbonyl (C=O) groups is 1. The second-order valence-corrected chi connectivity index (χ2v) is 14.9. The van der Waals surface area contributed by atoms with Crippen LogP contribution in [0, 0.1) is 62.1 Å². The Morgan fingerprint density at radius 2 is 1.69 bits per heavy atom. The molecule has 11 unspecified atom stereocenters. The van der Waals surface area contributed by atoms with Crippen LogP contribution >= 0.6 is 0 Å². The predicted molar refractivity (Wildman–Crippen MR) is 143 cm³/mol. The third kappa shape index (κ3) is 3.21. The lowest BCUT2D eigenvalue weighted by molar-refractivity contribution is -0.200. The lowest BCUT2D eigenvalue weighted by Gasteiger charge is -2.71. The van der Waals surface area contributed by atoms with E-state index in [2.05, 4.69) is 54.5 Å². The van der Waals surface area contributed by atoms with E-state index in [1.165, 1.54) is 45.4 Å². The maximum atomic E-state index is 11.9. The van der Waals surface area contributed by atoms with Crippen molar-refractivity contribution >= 4 is 12.2 Å². The zero-order valence-corrected chi connectivity index (χ0v) is 23.8. The first-order chi connectivity index (χ1) is 16.3. The van der Waals surface area contributed by atoms with Crippen LogP contribution < -0.4 is 0 Å². The molecule has 3 nitrogen and oxygen atoms in total. The largest absolute Gasteiger partial charge is 0.462 e. The van der Waals surface area contributed by atoms with Gasteiger partial charge >= 0.3 is 5.97 Å². The molecule has 0 heterocycles. The summed E-state index contributed by atoms with van der Waals surface area (Å²) in [6, 6.07) is 0. The highest BCUT2D eigenvalue weighted by molar-refractivity contribution is 5.69. The van der Waals surface area contributed by atoms with E-state index in [-0.39, 0.29) is 28.3 Å². The van der Waals surface area contributed by atoms with Gasteiger partial charge in [-0.3, -0.25) is 4.79 Å². The molecule has 0 aromatic rings. The predicted octanol–water partition coefficient (Wildman–Crippen LogP) is 8.23. The van der Waals surface area contributed by atoms with Gasteiger partial charge in [0.05, 0.1) is 0 Å². The van der Waals surface area contributed by atoms with Gasteiger partial charge in [0.25, 0.3) is 0 Å². The number of hydrogen-bond acceptors (Lipinski definition) is 3. The van der Waals surface area contributed by atoms with E-state index in [1.54, 1.807) is 6.21 Å². The molecular formula is C32H51NO2. The second-order valence-electron chi connectivity index (χ2n) is 14.9. The van der Waals surface area contributed by atoms with E-state index in [1.807, 2.05) is 5.57 Å². The minimum atomic E-state index is -0.372. The van der Waals surface area contributed by atoms with Gasteiger partial charge in [-0.05, 0) is 109 Å². The first kappa shape index (κ1) is 25.5. The molecule has 5 aliphatic rings. The van der Waals surface area contributed by atoms with Gasteiger partial charge in [-0.15, -0.1) is 0 Å². The summed E-state index contributed by atoms with van der Waals surface area (Å²) in [6.45, 7) is 19.3. The number of rotatable bonds is 2. The Labute approximate surface area is 214 Å². The minimum Gasteiger partial charge on any atom is -0.462 e. The summed E-state index contributed by atoms with van der Waals surface area (Å²) in [5.74, 6) is 3.14. The van der Waals surface area contributed by atoms with Gasteiger partial charge < -0.3 is 10.1 Å². The molecule has 11 atom stereocenters. The lowest BCUT2D eigenvalue weighted by Crippen LogP contribution is -2.65. The molecule has 0 aromatic heterocycles. The summed E-state index contributed by atoms with van der Waals surface area (Å²) >= 11 is 0. The number of allylic oxidation sites excluding steroid dienone is 2. The molecule has 5 rings (SSSR count). The monoisotopic (exact) mass is 481 g/mol. The number of nitrogens with one attached hydrogen (secondary N) is 1. The summed E-state index contributed by atoms with van der Waals surface area (Å²) in [7, 11) is 0. The Kier molecular flexibility index (Phi) is 5.79. The van der Waals surface area contributed by atoms with Crippen molar-refractivity contribution in [3.05, 3.63) is 11.6 Å². The zero-order valence-electron chi connectivity index (χ0n) is 23.8. The molecule has 0 aliphatic heterocycles. The second kappa shape index (κ2) is 7.94. The molecule has 4 fully saturated rings. The Balaban J connectivity index is 1.56. The number of fused-ring (bicyclic) bond motifs is 7. The van der Waals surface area contributed by atoms with Crippen LogP contribution in [0.2, 0.25) is 0 Å². The van der Waals surface area contributed by atoms with Crippen LogP contribution in [0.4, 0.5) is 0 Å². The molecule has 196 valence electrons. The zero-order chi connectivity index (χ0) is 25.6. The highest BCUT2D eigenvalue weighted by Crippen LogP contribution is 2.75. The Morgan fingerprint density at radius 3 is 2.34 bits per heavy atom. The molecule has 0 saturated heterocycles. The van der Waals surface area contributed by atoms with Crippen LogP contribution in [0.15, 0.2) is 11.6 Å². The van der Waals surface area contributed by atoms with E-state index in [9.17, 15) is 4.79 Å². The summed E-state index contributed by atoms with van der Waals surface area (Å²) in [5, 5.41) is 8.48. The van der Waals surface area contributed by atoms with Crippen LogP contribution in [0.25, 0.3) is 0 Å². The fourth-order valence-electron chi connectivity index (χ4n) is 11.1. The molecule has 0 aromatic carbocycles. The van der Waals surface area contributed by atoms with Gasteiger partial charge in [0.15, 0.2) is 0 Å². The average molecular weight is 482 g/mol. The van der Waals surface area contributed by atoms with E-state index in [4.69, 9.17) is 10.1 Å². The quantitative estimate of drug-likeness (QED) is 0.245. The fourth-order valence-corrected chi connectivity index (χ4v) is 11.1. The SMILES string of the molecule is CC(=O)OC1CCC2(C)C(CCC3(C)C2CC=C2C4C(C)C(C)CCC4(C)CCC23C)C1(C)C=N. The van der Waals surface area contributed by atoms with Crippen LogP contribution in [-0.2, 0) is 9.53 Å². The summed E-state index contributed by atoms with van der Waals surface area (Å²) in [4.78, 5) is 11.9. The molecule has 3 heteroatoms. The number of carbonyl (C=O) groups excluding carboxylic acids is 1. The standard InChI is InChI=1S/C32H51NO2/c1-20-11-14-28(4)17-18-31(7)23(27(28)21(20)2)9-10-25-29(5)15-13-26(35-22(3)34)30(6,19-33)24(29)12-16-32(25,31)8/h9,19-21,24-27,33H,10-18H2,1-8H3. The van der Waals surface area contributed by atoms with Crippen LogP contribution in [0.1, 0.15) is 113 Å². The van der Waals surface area contributed by atoms with Gasteiger partial charge in [0.2, 0.25) is 0 Å². The van der Waals surface area contributed by atoms with Gasteiger partial charge in [0, 0.05) is 18.6 Å². The maximum Gasteiger partial charge on any atom is 0.302 e. The van der Waals surface area contributed by atoms with Gasteiger partial charge in [-0.1, -0.05) is 60.1 Å². The number of ether oxygens (including phenoxy) is 1. The van der Waals surface area contributed by atoms with Gasteiger partial charge in [0.1, 0.15) is 6.10 Å². The third-order valence-corrected chi connectivity index (χ3v) is 13.7. The summed E-state index contributed by atoms with van der Waals surface area (Å²) < 4.78 is 5.85. The molecule has 0 spiro atoms. The van der Waals surface area contributed by atoms with Gasteiger partial charge in [-0.2, -0.15) is 0 Å². The van der Waals surface area contributed by atoms with Gasteiger partial charge in [-0.25, -0.2) is 0 Å². The van der Waals surface area contributed by atoms with Crippen LogP contribution in [-0.4, -0.2) is 18.3 Å². The highest BCUT2D eigenvalue weighted by atomic mass is 16.5. The maximum absolute atomic E-state index is 11.9. The van der Waals surface area contributed by atoms with Crippen molar-refractivity contribution in [2.75, 3.05) is 0 Å². The van der Waals surface area contributed by atoms with Crippen molar-refractivity contribution in [2.24, 2.45) is 56.7 Å². The molecule has 0 amide bonds. The Bertz CT molecular complexity index is 940. The van der Waals surface area contributed by atoms with Crippen molar-refractivity contribution in [3.8, 4) is 0 Å². The first-order valence-corrected chi connectivity index (χ1v) is 14.7. The normalized spacial score (nSPS) is 55.4. The van der Waals surface area contributed by atoms with Crippen molar-refractivity contribution < 1.29 is 9.53 Å². The molecule has 5 aliphatic carbocycles. The molecule has 4 saturated carbocycles. The van der Waals surface area contributed by atoms with Crippen molar-refractivity contribution in [3.63, 3.8) is 0 Å². The average Bonchev–Trinajstić information content (AvgIpc) is 2.79. The summed E-state index contributed by atoms with van der Waals surface area (Å²) in [5.41, 5.74) is 2.67. The van der Waals surface area contributed by atoms with Crippen molar-refractivity contribution in [1.29, 1.82) is 5.41 Å². The highest BCUT2D eigenvalue weighted by Gasteiger charge is 2.68. The minimum absolute atomic E-state index is 0.162. The van der Waals surface area contributed by atoms with E-state index < -0.39 is 0 Å². The van der Waals surface area contributed by atoms with Crippen molar-refractivity contribution in [1.82, 2.24) is 0 Å². The molecule has 1 N–H and O–H groups in total. The summed E-state index contributed by atoms with van der Waals surface area (Å²) in [6.07, 6.45) is 15.3. The van der Waals surface area contributed by atoms with Crippen LogP contribution in [0.5, 0.6) is 0 Å². The smallest absolute Gasteiger partial charge is 0.302 e. The molecule has 0 radical (unpaired) electrons. The van der Waals surface area contributed by atoms with E-state index >= 15 is 0 Å². The fraction of sp³-hybridized carbons (Fsp3) is 0.875. The van der Waals surface area contributed by atoms with Crippen LogP contribution in [0.3, 0.4) is 0 Å².